The lowest BCUT2D eigenvalue weighted by molar-refractivity contribution is -0.154. The molecule has 0 bridgehead atoms. The van der Waals surface area contributed by atoms with E-state index in [4.69, 9.17) is 9.47 Å². The van der Waals surface area contributed by atoms with Gasteiger partial charge in [-0.3, -0.25) is 4.99 Å². The Hall–Kier alpha value is -1.85. The second-order valence-electron chi connectivity index (χ2n) is 6.33. The summed E-state index contributed by atoms with van der Waals surface area (Å²) in [5.41, 5.74) is -0.206. The highest BCUT2D eigenvalue weighted by Crippen LogP contribution is 2.30. The largest absolute Gasteiger partial charge is 0.454 e. The van der Waals surface area contributed by atoms with Crippen LogP contribution in [-0.4, -0.2) is 36.0 Å². The van der Waals surface area contributed by atoms with Crippen LogP contribution in [0.25, 0.3) is 0 Å². The van der Waals surface area contributed by atoms with Crippen LogP contribution >= 0.6 is 0 Å². The third kappa shape index (κ3) is 5.21. The summed E-state index contributed by atoms with van der Waals surface area (Å²) in [6, 6.07) is 0. The zero-order chi connectivity index (χ0) is 16.3. The summed E-state index contributed by atoms with van der Waals surface area (Å²) in [6.45, 7) is 10.8. The predicted molar refractivity (Wildman–Crippen MR) is 80.2 cm³/mol. The van der Waals surface area contributed by atoms with E-state index >= 15 is 0 Å². The highest BCUT2D eigenvalue weighted by molar-refractivity contribution is 5.90. The number of cyclic esters (lactones) is 1. The number of carbonyl (C=O) groups excluding carboxylic acids is 2. The molecule has 0 spiro atoms. The Morgan fingerprint density at radius 2 is 2.14 bits per heavy atom. The Labute approximate surface area is 125 Å². The van der Waals surface area contributed by atoms with Crippen molar-refractivity contribution in [3.05, 3.63) is 11.3 Å². The minimum Gasteiger partial charge on any atom is -0.454 e. The molecule has 0 aliphatic carbocycles. The average molecular weight is 296 g/mol. The SMILES string of the molecule is CC=NC1=C(C)C(=O)OC(C)(CNC(=O)OC(C)(C)C)C1. The summed E-state index contributed by atoms with van der Waals surface area (Å²) in [4.78, 5) is 27.8. The van der Waals surface area contributed by atoms with Crippen molar-refractivity contribution in [2.75, 3.05) is 6.54 Å². The van der Waals surface area contributed by atoms with Crippen molar-refractivity contribution in [2.45, 2.75) is 59.2 Å². The molecule has 6 nitrogen and oxygen atoms in total. The standard InChI is InChI=1S/C15H24N2O4/c1-7-16-11-8-15(6,20-12(18)10(11)2)9-17-13(19)21-14(3,4)5/h7H,8-9H2,1-6H3,(H,17,19). The summed E-state index contributed by atoms with van der Waals surface area (Å²) in [5, 5.41) is 2.63. The smallest absolute Gasteiger partial charge is 0.407 e. The second kappa shape index (κ2) is 6.28. The minimum absolute atomic E-state index is 0.170. The van der Waals surface area contributed by atoms with Crippen LogP contribution in [0.5, 0.6) is 0 Å². The summed E-state index contributed by atoms with van der Waals surface area (Å²) < 4.78 is 10.6. The summed E-state index contributed by atoms with van der Waals surface area (Å²) in [5.74, 6) is -0.407. The van der Waals surface area contributed by atoms with E-state index in [2.05, 4.69) is 10.3 Å². The molecule has 1 heterocycles. The Bertz CT molecular complexity index is 488. The third-order valence-corrected chi connectivity index (χ3v) is 2.91. The topological polar surface area (TPSA) is 77.0 Å². The van der Waals surface area contributed by atoms with Crippen LogP contribution in [0.4, 0.5) is 4.79 Å². The van der Waals surface area contributed by atoms with Gasteiger partial charge < -0.3 is 14.8 Å². The summed E-state index contributed by atoms with van der Waals surface area (Å²) >= 11 is 0. The first-order chi connectivity index (χ1) is 9.56. The first kappa shape index (κ1) is 17.2. The van der Waals surface area contributed by atoms with E-state index in [1.54, 1.807) is 47.8 Å². The van der Waals surface area contributed by atoms with Gasteiger partial charge in [-0.1, -0.05) is 0 Å². The Balaban J connectivity index is 2.71. The van der Waals surface area contributed by atoms with Gasteiger partial charge in [0.05, 0.1) is 17.8 Å². The van der Waals surface area contributed by atoms with Gasteiger partial charge in [0.25, 0.3) is 0 Å². The molecule has 1 aliphatic rings. The van der Waals surface area contributed by atoms with E-state index in [1.165, 1.54) is 0 Å². The van der Waals surface area contributed by atoms with E-state index in [9.17, 15) is 9.59 Å². The monoisotopic (exact) mass is 296 g/mol. The fourth-order valence-electron chi connectivity index (χ4n) is 1.91. The van der Waals surface area contributed by atoms with Crippen LogP contribution in [-0.2, 0) is 14.3 Å². The van der Waals surface area contributed by atoms with Crippen LogP contribution in [0.15, 0.2) is 16.3 Å². The van der Waals surface area contributed by atoms with Gasteiger partial charge in [-0.15, -0.1) is 0 Å². The molecule has 0 aromatic heterocycles. The van der Waals surface area contributed by atoms with Crippen molar-refractivity contribution in [2.24, 2.45) is 4.99 Å². The molecule has 1 rings (SSSR count). The molecular formula is C15H24N2O4. The van der Waals surface area contributed by atoms with E-state index < -0.39 is 23.3 Å². The van der Waals surface area contributed by atoms with Crippen LogP contribution in [0.3, 0.4) is 0 Å². The van der Waals surface area contributed by atoms with Gasteiger partial charge in [0.15, 0.2) is 0 Å². The van der Waals surface area contributed by atoms with E-state index in [-0.39, 0.29) is 6.54 Å². The number of esters is 1. The first-order valence-electron chi connectivity index (χ1n) is 6.95. The molecule has 1 N–H and O–H groups in total. The van der Waals surface area contributed by atoms with Crippen molar-refractivity contribution in [1.82, 2.24) is 5.32 Å². The van der Waals surface area contributed by atoms with Gasteiger partial charge in [0.1, 0.15) is 11.2 Å². The van der Waals surface area contributed by atoms with E-state index in [0.717, 1.165) is 0 Å². The molecule has 1 unspecified atom stereocenters. The van der Waals surface area contributed by atoms with Crippen LogP contribution in [0, 0.1) is 0 Å². The lowest BCUT2D eigenvalue weighted by atomic mass is 9.94. The van der Waals surface area contributed by atoms with Gasteiger partial charge in [-0.05, 0) is 41.5 Å². The number of carbonyl (C=O) groups is 2. The molecule has 0 aromatic rings. The Morgan fingerprint density at radius 3 is 2.67 bits per heavy atom. The lowest BCUT2D eigenvalue weighted by Crippen LogP contribution is -2.47. The number of rotatable bonds is 3. The van der Waals surface area contributed by atoms with Crippen LogP contribution in [0.1, 0.15) is 48.0 Å². The van der Waals surface area contributed by atoms with Crippen molar-refractivity contribution < 1.29 is 19.1 Å². The molecule has 0 fully saturated rings. The van der Waals surface area contributed by atoms with Gasteiger partial charge in [0.2, 0.25) is 0 Å². The number of hydrogen-bond donors (Lipinski definition) is 1. The molecule has 118 valence electrons. The molecular weight excluding hydrogens is 272 g/mol. The maximum atomic E-state index is 11.9. The number of hydrogen-bond acceptors (Lipinski definition) is 5. The second-order valence-corrected chi connectivity index (χ2v) is 6.33. The number of amides is 1. The quantitative estimate of drug-likeness (QED) is 0.641. The zero-order valence-corrected chi connectivity index (χ0v) is 13.6. The third-order valence-electron chi connectivity index (χ3n) is 2.91. The van der Waals surface area contributed by atoms with Crippen molar-refractivity contribution >= 4 is 18.3 Å². The minimum atomic E-state index is -0.824. The fourth-order valence-corrected chi connectivity index (χ4v) is 1.91. The number of aliphatic imine (C=N–C) groups is 1. The van der Waals surface area contributed by atoms with Gasteiger partial charge in [0, 0.05) is 12.6 Å². The predicted octanol–water partition coefficient (Wildman–Crippen LogP) is 2.58. The van der Waals surface area contributed by atoms with Crippen molar-refractivity contribution in [1.29, 1.82) is 0 Å². The van der Waals surface area contributed by atoms with Crippen LogP contribution in [0.2, 0.25) is 0 Å². The summed E-state index contributed by atoms with van der Waals surface area (Å²) in [6.07, 6.45) is 1.55. The molecule has 1 aliphatic heterocycles. The number of nitrogens with one attached hydrogen (secondary N) is 1. The average Bonchev–Trinajstić information content (AvgIpc) is 2.32. The molecule has 0 aromatic carbocycles. The van der Waals surface area contributed by atoms with E-state index in [1.807, 2.05) is 0 Å². The van der Waals surface area contributed by atoms with E-state index in [0.29, 0.717) is 17.7 Å². The Kier molecular flexibility index (Phi) is 5.15. The molecule has 1 amide bonds. The molecule has 1 atom stereocenters. The maximum Gasteiger partial charge on any atom is 0.407 e. The van der Waals surface area contributed by atoms with Gasteiger partial charge >= 0.3 is 12.1 Å². The van der Waals surface area contributed by atoms with Crippen molar-refractivity contribution in [3.8, 4) is 0 Å². The van der Waals surface area contributed by atoms with Crippen molar-refractivity contribution in [3.63, 3.8) is 0 Å². The zero-order valence-electron chi connectivity index (χ0n) is 13.6. The lowest BCUT2D eigenvalue weighted by Gasteiger charge is -2.34. The normalized spacial score (nSPS) is 23.2. The number of nitrogens with zero attached hydrogens (tertiary/aromatic N) is 1. The molecule has 21 heavy (non-hydrogen) atoms. The molecule has 0 saturated carbocycles. The summed E-state index contributed by atoms with van der Waals surface area (Å²) in [7, 11) is 0. The highest BCUT2D eigenvalue weighted by atomic mass is 16.6. The van der Waals surface area contributed by atoms with Gasteiger partial charge in [-0.2, -0.15) is 0 Å². The molecule has 6 heteroatoms. The number of ether oxygens (including phenoxy) is 2. The molecule has 0 saturated heterocycles. The Morgan fingerprint density at radius 1 is 1.52 bits per heavy atom. The van der Waals surface area contributed by atoms with Gasteiger partial charge in [-0.25, -0.2) is 9.59 Å². The maximum absolute atomic E-state index is 11.9. The molecule has 0 radical (unpaired) electrons. The fraction of sp³-hybridized carbons (Fsp3) is 0.667. The highest BCUT2D eigenvalue weighted by Gasteiger charge is 2.37. The van der Waals surface area contributed by atoms with Crippen LogP contribution < -0.4 is 5.32 Å². The first-order valence-corrected chi connectivity index (χ1v) is 6.95. The number of alkyl carbamates (subject to hydrolysis) is 1.